The van der Waals surface area contributed by atoms with E-state index in [2.05, 4.69) is 46.4 Å². The second-order valence-corrected chi connectivity index (χ2v) is 7.29. The lowest BCUT2D eigenvalue weighted by Crippen LogP contribution is -2.26. The van der Waals surface area contributed by atoms with Crippen molar-refractivity contribution in [2.45, 2.75) is 12.7 Å². The second kappa shape index (κ2) is 8.61. The Kier molecular flexibility index (Phi) is 6.80. The van der Waals surface area contributed by atoms with Crippen LogP contribution in [-0.2, 0) is 5.75 Å². The average Bonchev–Trinajstić information content (AvgIpc) is 2.51. The number of hydrogen-bond acceptors (Lipinski definition) is 2. The summed E-state index contributed by atoms with van der Waals surface area (Å²) in [4.78, 5) is 12.1. The van der Waals surface area contributed by atoms with Gasteiger partial charge in [0.05, 0.1) is 10.6 Å². The van der Waals surface area contributed by atoms with E-state index in [4.69, 9.17) is 11.6 Å². The van der Waals surface area contributed by atoms with E-state index in [1.54, 1.807) is 12.1 Å². The number of amides is 1. The number of thioether (sulfide) groups is 1. The fourth-order valence-electron chi connectivity index (χ4n) is 1.96. The third-order valence-corrected chi connectivity index (χ3v) is 5.05. The predicted molar refractivity (Wildman–Crippen MR) is 98.8 cm³/mol. The summed E-state index contributed by atoms with van der Waals surface area (Å²) in [6.07, 6.45) is 0. The van der Waals surface area contributed by atoms with Crippen molar-refractivity contribution in [1.29, 1.82) is 0 Å². The maximum absolute atomic E-state index is 12.1. The first-order valence-corrected chi connectivity index (χ1v) is 9.26. The number of hydrogen-bond donors (Lipinski definition) is 1. The minimum atomic E-state index is -0.136. The summed E-state index contributed by atoms with van der Waals surface area (Å²) in [5, 5.41) is 3.37. The molecule has 0 saturated heterocycles. The van der Waals surface area contributed by atoms with Gasteiger partial charge in [-0.25, -0.2) is 0 Å². The van der Waals surface area contributed by atoms with Crippen molar-refractivity contribution in [2.75, 3.05) is 12.3 Å². The molecule has 0 saturated carbocycles. The van der Waals surface area contributed by atoms with Crippen molar-refractivity contribution in [3.05, 3.63) is 68.7 Å². The molecule has 0 spiro atoms. The standard InChI is InChI=1S/C17H17BrClNOS/c1-12-4-2-3-5-13(12)11-22-9-8-20-17(21)15-10-14(18)6-7-16(15)19/h2-7,10H,8-9,11H2,1H3,(H,20,21). The van der Waals surface area contributed by atoms with Crippen molar-refractivity contribution < 1.29 is 4.79 Å². The van der Waals surface area contributed by atoms with Crippen LogP contribution >= 0.6 is 39.3 Å². The van der Waals surface area contributed by atoms with Crippen LogP contribution in [0.4, 0.5) is 0 Å². The lowest BCUT2D eigenvalue weighted by molar-refractivity contribution is 0.0956. The van der Waals surface area contributed by atoms with Gasteiger partial charge in [-0.2, -0.15) is 11.8 Å². The van der Waals surface area contributed by atoms with Crippen LogP contribution in [0, 0.1) is 6.92 Å². The van der Waals surface area contributed by atoms with E-state index in [0.29, 0.717) is 17.1 Å². The minimum absolute atomic E-state index is 0.136. The Hall–Kier alpha value is -0.970. The molecule has 0 aliphatic carbocycles. The number of halogens is 2. The van der Waals surface area contributed by atoms with Crippen LogP contribution in [0.5, 0.6) is 0 Å². The Bertz CT molecular complexity index is 663. The quantitative estimate of drug-likeness (QED) is 0.688. The van der Waals surface area contributed by atoms with Crippen LogP contribution in [0.15, 0.2) is 46.9 Å². The molecule has 0 unspecified atom stereocenters. The first-order chi connectivity index (χ1) is 10.6. The summed E-state index contributed by atoms with van der Waals surface area (Å²) in [7, 11) is 0. The molecule has 5 heteroatoms. The van der Waals surface area contributed by atoms with Crippen molar-refractivity contribution in [3.8, 4) is 0 Å². The van der Waals surface area contributed by atoms with E-state index in [1.807, 2.05) is 23.9 Å². The second-order valence-electron chi connectivity index (χ2n) is 4.86. The largest absolute Gasteiger partial charge is 0.351 e. The summed E-state index contributed by atoms with van der Waals surface area (Å²) < 4.78 is 0.843. The number of aryl methyl sites for hydroxylation is 1. The molecule has 2 aromatic rings. The highest BCUT2D eigenvalue weighted by atomic mass is 79.9. The van der Waals surface area contributed by atoms with Crippen molar-refractivity contribution in [2.24, 2.45) is 0 Å². The zero-order chi connectivity index (χ0) is 15.9. The molecular formula is C17H17BrClNOS. The van der Waals surface area contributed by atoms with Gasteiger partial charge in [0.15, 0.2) is 0 Å². The van der Waals surface area contributed by atoms with E-state index in [0.717, 1.165) is 16.0 Å². The highest BCUT2D eigenvalue weighted by molar-refractivity contribution is 9.10. The number of carbonyl (C=O) groups is 1. The van der Waals surface area contributed by atoms with Gasteiger partial charge in [-0.15, -0.1) is 0 Å². The van der Waals surface area contributed by atoms with Gasteiger partial charge in [0.2, 0.25) is 0 Å². The lowest BCUT2D eigenvalue weighted by atomic mass is 10.1. The van der Waals surface area contributed by atoms with Crippen LogP contribution in [0.25, 0.3) is 0 Å². The molecule has 22 heavy (non-hydrogen) atoms. The summed E-state index contributed by atoms with van der Waals surface area (Å²) in [5.41, 5.74) is 3.15. The van der Waals surface area contributed by atoms with Gasteiger partial charge in [-0.1, -0.05) is 51.8 Å². The number of benzene rings is 2. The molecular weight excluding hydrogens is 382 g/mol. The van der Waals surface area contributed by atoms with Crippen molar-refractivity contribution in [3.63, 3.8) is 0 Å². The molecule has 0 radical (unpaired) electrons. The highest BCUT2D eigenvalue weighted by Gasteiger charge is 2.10. The zero-order valence-electron chi connectivity index (χ0n) is 12.2. The van der Waals surface area contributed by atoms with Crippen LogP contribution in [0.3, 0.4) is 0 Å². The molecule has 0 aliphatic heterocycles. The van der Waals surface area contributed by atoms with Crippen LogP contribution in [0.2, 0.25) is 5.02 Å². The molecule has 116 valence electrons. The molecule has 2 rings (SSSR count). The van der Waals surface area contributed by atoms with E-state index in [-0.39, 0.29) is 5.91 Å². The third kappa shape index (κ3) is 5.04. The topological polar surface area (TPSA) is 29.1 Å². The maximum Gasteiger partial charge on any atom is 0.252 e. The van der Waals surface area contributed by atoms with Crippen molar-refractivity contribution in [1.82, 2.24) is 5.32 Å². The molecule has 2 nitrogen and oxygen atoms in total. The van der Waals surface area contributed by atoms with Crippen molar-refractivity contribution >= 4 is 45.2 Å². The average molecular weight is 399 g/mol. The molecule has 0 fully saturated rings. The first kappa shape index (κ1) is 17.4. The Morgan fingerprint density at radius 1 is 1.27 bits per heavy atom. The van der Waals surface area contributed by atoms with Gasteiger partial charge in [0, 0.05) is 22.5 Å². The SMILES string of the molecule is Cc1ccccc1CSCCNC(=O)c1cc(Br)ccc1Cl. The molecule has 0 bridgehead atoms. The zero-order valence-corrected chi connectivity index (χ0v) is 15.4. The summed E-state index contributed by atoms with van der Waals surface area (Å²) in [6, 6.07) is 13.6. The first-order valence-electron chi connectivity index (χ1n) is 6.93. The van der Waals surface area contributed by atoms with Gasteiger partial charge < -0.3 is 5.32 Å². The molecule has 1 N–H and O–H groups in total. The minimum Gasteiger partial charge on any atom is -0.351 e. The van der Waals surface area contributed by atoms with Gasteiger partial charge in [0.1, 0.15) is 0 Å². The van der Waals surface area contributed by atoms with Gasteiger partial charge >= 0.3 is 0 Å². The van der Waals surface area contributed by atoms with Crippen LogP contribution in [-0.4, -0.2) is 18.2 Å². The summed E-state index contributed by atoms with van der Waals surface area (Å²) in [5.74, 6) is 1.69. The van der Waals surface area contributed by atoms with Gasteiger partial charge in [-0.3, -0.25) is 4.79 Å². The van der Waals surface area contributed by atoms with Crippen LogP contribution in [0.1, 0.15) is 21.5 Å². The summed E-state index contributed by atoms with van der Waals surface area (Å²) in [6.45, 7) is 2.74. The Labute approximate surface area is 148 Å². The monoisotopic (exact) mass is 397 g/mol. The Morgan fingerprint density at radius 2 is 2.05 bits per heavy atom. The van der Waals surface area contributed by atoms with E-state index < -0.39 is 0 Å². The third-order valence-electron chi connectivity index (χ3n) is 3.22. The van der Waals surface area contributed by atoms with E-state index >= 15 is 0 Å². The smallest absolute Gasteiger partial charge is 0.252 e. The Morgan fingerprint density at radius 3 is 2.82 bits per heavy atom. The lowest BCUT2D eigenvalue weighted by Gasteiger charge is -2.08. The van der Waals surface area contributed by atoms with Gasteiger partial charge in [0.25, 0.3) is 5.91 Å². The van der Waals surface area contributed by atoms with Gasteiger partial charge in [-0.05, 0) is 36.2 Å². The Balaban J connectivity index is 1.76. The molecule has 0 aromatic heterocycles. The number of carbonyl (C=O) groups excluding carboxylic acids is 1. The highest BCUT2D eigenvalue weighted by Crippen LogP contribution is 2.21. The fraction of sp³-hybridized carbons (Fsp3) is 0.235. The molecule has 2 aromatic carbocycles. The number of rotatable bonds is 6. The van der Waals surface area contributed by atoms with E-state index in [1.165, 1.54) is 11.1 Å². The predicted octanol–water partition coefficient (Wildman–Crippen LogP) is 5.07. The molecule has 0 aliphatic rings. The maximum atomic E-state index is 12.1. The number of nitrogens with one attached hydrogen (secondary N) is 1. The molecule has 0 atom stereocenters. The normalized spacial score (nSPS) is 10.5. The van der Waals surface area contributed by atoms with E-state index in [9.17, 15) is 4.79 Å². The summed E-state index contributed by atoms with van der Waals surface area (Å²) >= 11 is 11.2. The van der Waals surface area contributed by atoms with Crippen LogP contribution < -0.4 is 5.32 Å². The molecule has 1 amide bonds. The molecule has 0 heterocycles. The fourth-order valence-corrected chi connectivity index (χ4v) is 3.46.